The molecule has 3 rings (SSSR count). The van der Waals surface area contributed by atoms with E-state index in [0.29, 0.717) is 38.9 Å². The van der Waals surface area contributed by atoms with Gasteiger partial charge in [0.2, 0.25) is 23.5 Å². The van der Waals surface area contributed by atoms with Crippen LogP contribution < -0.4 is 21.3 Å². The average Bonchev–Trinajstić information content (AvgIpc) is 3.54. The first-order valence-corrected chi connectivity index (χ1v) is 18.2. The van der Waals surface area contributed by atoms with Gasteiger partial charge in [-0.2, -0.15) is 0 Å². The monoisotopic (exact) mass is 696 g/mol. The molecule has 12 nitrogen and oxygen atoms in total. The summed E-state index contributed by atoms with van der Waals surface area (Å²) in [6, 6.07) is -3.81. The standard InChI is InChI=1S/C38H60N6O6/c1-9-11-16-26(30(46)33(48)39-21-10-2)40-32(47)27-17-15-22-44(27)34(49)31(38(8)18-13-12-14-19-38)42-35(50)41-28(36(3,4)5)25-43-23-20-37(6,7)24-29(43)45/h1,10,26-28,31H,2,11-25H2,3-8H3,(H,39,48)(H,40,47)(H2,41,42,50)/t26?,27-,28+,31+/m0/s1. The number of amides is 6. The van der Waals surface area contributed by atoms with E-state index in [9.17, 15) is 28.8 Å². The van der Waals surface area contributed by atoms with Gasteiger partial charge in [0, 0.05) is 39.0 Å². The summed E-state index contributed by atoms with van der Waals surface area (Å²) in [5.41, 5.74) is -0.982. The fourth-order valence-corrected chi connectivity index (χ4v) is 7.28. The lowest BCUT2D eigenvalue weighted by Crippen LogP contribution is -2.63. The Morgan fingerprint density at radius 1 is 1.00 bits per heavy atom. The van der Waals surface area contributed by atoms with E-state index in [1.54, 1.807) is 0 Å². The first-order chi connectivity index (χ1) is 23.4. The summed E-state index contributed by atoms with van der Waals surface area (Å²) in [4.78, 5) is 83.8. The van der Waals surface area contributed by atoms with E-state index in [-0.39, 0.29) is 48.1 Å². The Morgan fingerprint density at radius 3 is 2.28 bits per heavy atom. The van der Waals surface area contributed by atoms with Gasteiger partial charge in [0.25, 0.3) is 5.91 Å². The van der Waals surface area contributed by atoms with Crippen LogP contribution in [0.4, 0.5) is 4.79 Å². The summed E-state index contributed by atoms with van der Waals surface area (Å²) >= 11 is 0. The number of likely N-dealkylation sites (tertiary alicyclic amines) is 2. The number of ketones is 1. The van der Waals surface area contributed by atoms with E-state index in [2.05, 4.69) is 47.6 Å². The molecule has 12 heteroatoms. The minimum Gasteiger partial charge on any atom is -0.346 e. The van der Waals surface area contributed by atoms with Gasteiger partial charge >= 0.3 is 6.03 Å². The molecule has 278 valence electrons. The molecule has 0 spiro atoms. The molecule has 2 heterocycles. The Hall–Kier alpha value is -3.88. The van der Waals surface area contributed by atoms with Crippen molar-refractivity contribution in [3.63, 3.8) is 0 Å². The van der Waals surface area contributed by atoms with Crippen molar-refractivity contribution in [3.8, 4) is 12.3 Å². The maximum Gasteiger partial charge on any atom is 0.315 e. The highest BCUT2D eigenvalue weighted by Crippen LogP contribution is 2.40. The first-order valence-electron chi connectivity index (χ1n) is 18.2. The number of carbonyl (C=O) groups is 6. The molecule has 1 unspecified atom stereocenters. The fourth-order valence-electron chi connectivity index (χ4n) is 7.28. The molecule has 1 aliphatic carbocycles. The third-order valence-electron chi connectivity index (χ3n) is 10.7. The second kappa shape index (κ2) is 17.4. The summed E-state index contributed by atoms with van der Waals surface area (Å²) in [6.45, 7) is 17.2. The molecule has 50 heavy (non-hydrogen) atoms. The van der Waals surface area contributed by atoms with Gasteiger partial charge in [-0.15, -0.1) is 18.9 Å². The highest BCUT2D eigenvalue weighted by Gasteiger charge is 2.47. The van der Waals surface area contributed by atoms with Crippen molar-refractivity contribution in [1.29, 1.82) is 0 Å². The quantitative estimate of drug-likeness (QED) is 0.124. The smallest absolute Gasteiger partial charge is 0.315 e. The SMILES string of the molecule is C#CCCC(NC(=O)[C@@H]1CCCN1C(=O)[C@@H](NC(=O)N[C@H](CN1CCC(C)(C)CC1=O)C(C)(C)C)C1(C)CCCCC1)C(=O)C(=O)NCC=C. The predicted molar refractivity (Wildman–Crippen MR) is 192 cm³/mol. The van der Waals surface area contributed by atoms with E-state index in [1.165, 1.54) is 11.0 Å². The van der Waals surface area contributed by atoms with Crippen molar-refractivity contribution in [2.24, 2.45) is 16.2 Å². The van der Waals surface area contributed by atoms with Gasteiger partial charge in [0.1, 0.15) is 12.1 Å². The summed E-state index contributed by atoms with van der Waals surface area (Å²) in [7, 11) is 0. The van der Waals surface area contributed by atoms with Crippen LogP contribution in [0.1, 0.15) is 112 Å². The van der Waals surface area contributed by atoms with Crippen molar-refractivity contribution in [2.45, 2.75) is 136 Å². The van der Waals surface area contributed by atoms with Crippen LogP contribution in [0.15, 0.2) is 12.7 Å². The van der Waals surface area contributed by atoms with Gasteiger partial charge < -0.3 is 31.1 Å². The van der Waals surface area contributed by atoms with Crippen LogP contribution in [0, 0.1) is 28.6 Å². The molecule has 3 aliphatic rings. The Labute approximate surface area is 298 Å². The lowest BCUT2D eigenvalue weighted by Gasteiger charge is -2.43. The van der Waals surface area contributed by atoms with E-state index >= 15 is 0 Å². The zero-order valence-electron chi connectivity index (χ0n) is 31.1. The summed E-state index contributed by atoms with van der Waals surface area (Å²) in [5, 5.41) is 11.3. The number of hydrogen-bond donors (Lipinski definition) is 4. The van der Waals surface area contributed by atoms with Gasteiger partial charge in [0.05, 0.1) is 12.1 Å². The average molecular weight is 697 g/mol. The number of rotatable bonds is 14. The summed E-state index contributed by atoms with van der Waals surface area (Å²) in [6.07, 6.45) is 13.7. The van der Waals surface area contributed by atoms with Crippen LogP contribution in [-0.2, 0) is 24.0 Å². The number of urea groups is 1. The summed E-state index contributed by atoms with van der Waals surface area (Å²) in [5.74, 6) is -0.0436. The van der Waals surface area contributed by atoms with E-state index < -0.39 is 47.2 Å². The minimum absolute atomic E-state index is 0.0544. The van der Waals surface area contributed by atoms with Gasteiger partial charge in [0.15, 0.2) is 0 Å². The molecule has 0 radical (unpaired) electrons. The van der Waals surface area contributed by atoms with E-state index in [1.807, 2.05) is 32.6 Å². The molecule has 3 fully saturated rings. The predicted octanol–water partition coefficient (Wildman–Crippen LogP) is 3.45. The molecular weight excluding hydrogens is 636 g/mol. The normalized spacial score (nSPS) is 21.9. The molecule has 1 saturated carbocycles. The highest BCUT2D eigenvalue weighted by atomic mass is 16.2. The molecule has 2 saturated heterocycles. The van der Waals surface area contributed by atoms with Crippen LogP contribution in [-0.4, -0.2) is 95.6 Å². The van der Waals surface area contributed by atoms with Gasteiger partial charge in [-0.05, 0) is 54.8 Å². The van der Waals surface area contributed by atoms with Crippen molar-refractivity contribution in [2.75, 3.05) is 26.2 Å². The fraction of sp³-hybridized carbons (Fsp3) is 0.737. The Bertz CT molecular complexity index is 1320. The molecule has 0 aromatic heterocycles. The number of piperidine rings is 1. The lowest BCUT2D eigenvalue weighted by molar-refractivity contribution is -0.144. The molecule has 0 bridgehead atoms. The van der Waals surface area contributed by atoms with E-state index in [4.69, 9.17) is 6.42 Å². The largest absolute Gasteiger partial charge is 0.346 e. The third-order valence-corrected chi connectivity index (χ3v) is 10.7. The Kier molecular flexibility index (Phi) is 14.1. The minimum atomic E-state index is -1.15. The number of nitrogens with zero attached hydrogens (tertiary/aromatic N) is 2. The topological polar surface area (TPSA) is 157 Å². The van der Waals surface area contributed by atoms with Crippen LogP contribution in [0.5, 0.6) is 0 Å². The van der Waals surface area contributed by atoms with Gasteiger partial charge in [-0.3, -0.25) is 24.0 Å². The number of terminal acetylenes is 1. The molecule has 0 aromatic carbocycles. The Balaban J connectivity index is 1.80. The number of Topliss-reactive ketones (excluding diaryl/α,β-unsaturated/α-hetero) is 1. The molecule has 6 amide bonds. The first kappa shape index (κ1) is 40.5. The second-order valence-corrected chi connectivity index (χ2v) is 16.5. The molecule has 2 aliphatic heterocycles. The van der Waals surface area contributed by atoms with Crippen LogP contribution in [0.25, 0.3) is 0 Å². The van der Waals surface area contributed by atoms with Gasteiger partial charge in [-0.25, -0.2) is 4.79 Å². The number of nitrogens with one attached hydrogen (secondary N) is 4. The maximum absolute atomic E-state index is 14.5. The molecule has 4 atom stereocenters. The Morgan fingerprint density at radius 2 is 1.68 bits per heavy atom. The van der Waals surface area contributed by atoms with Gasteiger partial charge in [-0.1, -0.05) is 66.9 Å². The molecule has 4 N–H and O–H groups in total. The number of hydrogen-bond acceptors (Lipinski definition) is 6. The zero-order valence-corrected chi connectivity index (χ0v) is 31.1. The van der Waals surface area contributed by atoms with Crippen molar-refractivity contribution in [1.82, 2.24) is 31.1 Å². The van der Waals surface area contributed by atoms with Crippen molar-refractivity contribution < 1.29 is 28.8 Å². The third kappa shape index (κ3) is 10.8. The molecule has 0 aromatic rings. The van der Waals surface area contributed by atoms with Crippen molar-refractivity contribution in [3.05, 3.63) is 12.7 Å². The van der Waals surface area contributed by atoms with Crippen LogP contribution >= 0.6 is 0 Å². The zero-order chi connectivity index (χ0) is 37.3. The molecular formula is C38H60N6O6. The van der Waals surface area contributed by atoms with Crippen LogP contribution in [0.3, 0.4) is 0 Å². The second-order valence-electron chi connectivity index (χ2n) is 16.5. The maximum atomic E-state index is 14.5. The van der Waals surface area contributed by atoms with Crippen LogP contribution in [0.2, 0.25) is 0 Å². The number of carbonyl (C=O) groups excluding carboxylic acids is 6. The van der Waals surface area contributed by atoms with E-state index in [0.717, 1.165) is 38.5 Å². The van der Waals surface area contributed by atoms with Crippen molar-refractivity contribution >= 4 is 35.4 Å². The highest BCUT2D eigenvalue weighted by molar-refractivity contribution is 6.38. The summed E-state index contributed by atoms with van der Waals surface area (Å²) < 4.78 is 0. The lowest BCUT2D eigenvalue weighted by atomic mass is 9.70.